The normalized spacial score (nSPS) is 11.4. The van der Waals surface area contributed by atoms with Crippen molar-refractivity contribution in [2.24, 2.45) is 0 Å². The Kier molecular flexibility index (Phi) is 3.92. The van der Waals surface area contributed by atoms with Crippen molar-refractivity contribution in [1.29, 1.82) is 0 Å². The maximum Gasteiger partial charge on any atom is 0.419 e. The van der Waals surface area contributed by atoms with E-state index < -0.39 is 17.6 Å². The van der Waals surface area contributed by atoms with Crippen LogP contribution in [0.4, 0.5) is 23.2 Å². The van der Waals surface area contributed by atoms with Crippen molar-refractivity contribution in [3.05, 3.63) is 59.2 Å². The lowest BCUT2D eigenvalue weighted by atomic mass is 10.1. The molecule has 0 aliphatic rings. The van der Waals surface area contributed by atoms with Crippen LogP contribution < -0.4 is 5.32 Å². The summed E-state index contributed by atoms with van der Waals surface area (Å²) in [7, 11) is 0. The summed E-state index contributed by atoms with van der Waals surface area (Å²) in [5.74, 6) is -1.28. The fraction of sp³-hybridized carbons (Fsp3) is 0.214. The summed E-state index contributed by atoms with van der Waals surface area (Å²) in [6.07, 6.45) is -1.40. The van der Waals surface area contributed by atoms with E-state index in [1.165, 1.54) is 6.07 Å². The first-order chi connectivity index (χ1) is 9.36. The van der Waals surface area contributed by atoms with Gasteiger partial charge in [-0.2, -0.15) is 13.2 Å². The predicted octanol–water partition coefficient (Wildman–Crippen LogP) is 4.16. The summed E-state index contributed by atoms with van der Waals surface area (Å²) >= 11 is 0. The number of rotatable bonds is 3. The molecule has 0 atom stereocenters. The smallest absolute Gasteiger partial charge is 0.381 e. The Labute approximate surface area is 113 Å². The van der Waals surface area contributed by atoms with Crippen molar-refractivity contribution in [2.75, 3.05) is 5.32 Å². The first kappa shape index (κ1) is 14.3. The second-order valence-corrected chi connectivity index (χ2v) is 4.42. The van der Waals surface area contributed by atoms with Gasteiger partial charge in [0.2, 0.25) is 0 Å². The highest BCUT2D eigenvalue weighted by Gasteiger charge is 2.34. The molecule has 0 unspecified atom stereocenters. The standard InChI is InChI=1S/C14H12F4N2/c1-9-4-10(7-19-6-9)8-20-11-2-3-13(15)12(5-11)14(16,17)18/h2-7,20H,8H2,1H3. The van der Waals surface area contributed by atoms with E-state index in [4.69, 9.17) is 0 Å². The molecule has 0 aliphatic carbocycles. The number of aromatic nitrogens is 1. The molecule has 1 heterocycles. The van der Waals surface area contributed by atoms with Crippen LogP contribution in [0.15, 0.2) is 36.7 Å². The van der Waals surface area contributed by atoms with Gasteiger partial charge in [0.15, 0.2) is 0 Å². The monoisotopic (exact) mass is 284 g/mol. The van der Waals surface area contributed by atoms with Crippen LogP contribution in [0.3, 0.4) is 0 Å². The molecule has 0 saturated heterocycles. The third-order valence-electron chi connectivity index (χ3n) is 2.70. The quantitative estimate of drug-likeness (QED) is 0.856. The van der Waals surface area contributed by atoms with Crippen molar-refractivity contribution in [3.63, 3.8) is 0 Å². The number of aryl methyl sites for hydroxylation is 1. The SMILES string of the molecule is Cc1cncc(CNc2ccc(F)c(C(F)(F)F)c2)c1. The Morgan fingerprint density at radius 2 is 1.90 bits per heavy atom. The van der Waals surface area contributed by atoms with Gasteiger partial charge in [0.25, 0.3) is 0 Å². The zero-order valence-corrected chi connectivity index (χ0v) is 10.6. The molecule has 2 rings (SSSR count). The molecular formula is C14H12F4N2. The average molecular weight is 284 g/mol. The molecule has 2 aromatic rings. The van der Waals surface area contributed by atoms with Crippen LogP contribution in [0.1, 0.15) is 16.7 Å². The van der Waals surface area contributed by atoms with Crippen LogP contribution in [0.5, 0.6) is 0 Å². The summed E-state index contributed by atoms with van der Waals surface area (Å²) in [4.78, 5) is 3.99. The molecule has 2 nitrogen and oxygen atoms in total. The van der Waals surface area contributed by atoms with Gasteiger partial charge in [-0.1, -0.05) is 6.07 Å². The molecule has 0 aliphatic heterocycles. The lowest BCUT2D eigenvalue weighted by Gasteiger charge is -2.11. The maximum absolute atomic E-state index is 13.1. The Balaban J connectivity index is 2.14. The van der Waals surface area contributed by atoms with Gasteiger partial charge in [0.05, 0.1) is 5.56 Å². The number of hydrogen-bond acceptors (Lipinski definition) is 2. The summed E-state index contributed by atoms with van der Waals surface area (Å²) in [5, 5.41) is 2.82. The summed E-state index contributed by atoms with van der Waals surface area (Å²) in [6.45, 7) is 2.19. The molecule has 1 aromatic carbocycles. The molecule has 0 fully saturated rings. The van der Waals surface area contributed by atoms with E-state index in [1.54, 1.807) is 12.4 Å². The van der Waals surface area contributed by atoms with Crippen LogP contribution in [0.25, 0.3) is 0 Å². The van der Waals surface area contributed by atoms with Crippen molar-refractivity contribution in [2.45, 2.75) is 19.6 Å². The highest BCUT2D eigenvalue weighted by atomic mass is 19.4. The number of halogens is 4. The first-order valence-corrected chi connectivity index (χ1v) is 5.87. The molecule has 20 heavy (non-hydrogen) atoms. The number of nitrogens with one attached hydrogen (secondary N) is 1. The molecule has 0 bridgehead atoms. The lowest BCUT2D eigenvalue weighted by Crippen LogP contribution is -2.09. The van der Waals surface area contributed by atoms with E-state index in [2.05, 4.69) is 10.3 Å². The third kappa shape index (κ3) is 3.46. The topological polar surface area (TPSA) is 24.9 Å². The van der Waals surface area contributed by atoms with Crippen LogP contribution >= 0.6 is 0 Å². The first-order valence-electron chi connectivity index (χ1n) is 5.87. The van der Waals surface area contributed by atoms with Crippen LogP contribution in [-0.2, 0) is 12.7 Å². The molecule has 0 spiro atoms. The Bertz CT molecular complexity index is 608. The van der Waals surface area contributed by atoms with Gasteiger partial charge >= 0.3 is 6.18 Å². The van der Waals surface area contributed by atoms with Crippen molar-refractivity contribution >= 4 is 5.69 Å². The molecular weight excluding hydrogens is 272 g/mol. The van der Waals surface area contributed by atoms with Gasteiger partial charge in [0, 0.05) is 24.6 Å². The summed E-state index contributed by atoms with van der Waals surface area (Å²) < 4.78 is 50.8. The van der Waals surface area contributed by atoms with Gasteiger partial charge in [-0.15, -0.1) is 0 Å². The second kappa shape index (κ2) is 5.48. The minimum atomic E-state index is -4.70. The van der Waals surface area contributed by atoms with Gasteiger partial charge in [-0.05, 0) is 36.2 Å². The van der Waals surface area contributed by atoms with Crippen molar-refractivity contribution in [3.8, 4) is 0 Å². The number of pyridine rings is 1. The van der Waals surface area contributed by atoms with Crippen LogP contribution in [0, 0.1) is 12.7 Å². The number of nitrogens with zero attached hydrogens (tertiary/aromatic N) is 1. The molecule has 0 saturated carbocycles. The van der Waals surface area contributed by atoms with E-state index in [0.29, 0.717) is 6.54 Å². The van der Waals surface area contributed by atoms with E-state index >= 15 is 0 Å². The molecule has 1 N–H and O–H groups in total. The van der Waals surface area contributed by atoms with E-state index in [-0.39, 0.29) is 5.69 Å². The van der Waals surface area contributed by atoms with Crippen LogP contribution in [0.2, 0.25) is 0 Å². The Morgan fingerprint density at radius 3 is 2.55 bits per heavy atom. The number of hydrogen-bond donors (Lipinski definition) is 1. The number of benzene rings is 1. The fourth-order valence-electron chi connectivity index (χ4n) is 1.77. The zero-order chi connectivity index (χ0) is 14.8. The minimum absolute atomic E-state index is 0.209. The number of anilines is 1. The summed E-state index contributed by atoms with van der Waals surface area (Å²) in [6, 6.07) is 4.71. The zero-order valence-electron chi connectivity index (χ0n) is 10.6. The Hall–Kier alpha value is -2.11. The third-order valence-corrected chi connectivity index (χ3v) is 2.70. The number of alkyl halides is 3. The van der Waals surface area contributed by atoms with Crippen molar-refractivity contribution < 1.29 is 17.6 Å². The van der Waals surface area contributed by atoms with Crippen LogP contribution in [-0.4, -0.2) is 4.98 Å². The molecule has 0 radical (unpaired) electrons. The largest absolute Gasteiger partial charge is 0.419 e. The lowest BCUT2D eigenvalue weighted by molar-refractivity contribution is -0.139. The highest BCUT2D eigenvalue weighted by molar-refractivity contribution is 5.47. The van der Waals surface area contributed by atoms with E-state index in [0.717, 1.165) is 23.3 Å². The molecule has 1 aromatic heterocycles. The highest BCUT2D eigenvalue weighted by Crippen LogP contribution is 2.33. The molecule has 106 valence electrons. The molecule has 6 heteroatoms. The fourth-order valence-corrected chi connectivity index (χ4v) is 1.77. The maximum atomic E-state index is 13.1. The second-order valence-electron chi connectivity index (χ2n) is 4.42. The van der Waals surface area contributed by atoms with Crippen molar-refractivity contribution in [1.82, 2.24) is 4.98 Å². The molecule has 0 amide bonds. The van der Waals surface area contributed by atoms with E-state index in [1.807, 2.05) is 13.0 Å². The summed E-state index contributed by atoms with van der Waals surface area (Å²) in [5.41, 5.74) is 0.729. The van der Waals surface area contributed by atoms with Gasteiger partial charge < -0.3 is 5.32 Å². The average Bonchev–Trinajstić information content (AvgIpc) is 2.36. The van der Waals surface area contributed by atoms with Gasteiger partial charge in [0.1, 0.15) is 5.82 Å². The predicted molar refractivity (Wildman–Crippen MR) is 67.7 cm³/mol. The Morgan fingerprint density at radius 1 is 1.15 bits per heavy atom. The minimum Gasteiger partial charge on any atom is -0.381 e. The van der Waals surface area contributed by atoms with Gasteiger partial charge in [-0.25, -0.2) is 4.39 Å². The van der Waals surface area contributed by atoms with Gasteiger partial charge in [-0.3, -0.25) is 4.98 Å². The van der Waals surface area contributed by atoms with E-state index in [9.17, 15) is 17.6 Å².